The number of hydrogen-bond donors (Lipinski definition) is 1. The largest absolute Gasteiger partial charge is 0.467 e. The molecule has 1 N–H and O–H groups in total. The Hall–Kier alpha value is -2.04. The predicted octanol–water partition coefficient (Wildman–Crippen LogP) is 3.33. The van der Waals surface area contributed by atoms with Gasteiger partial charge in [0, 0.05) is 5.92 Å². The Morgan fingerprint density at radius 3 is 2.90 bits per heavy atom. The van der Waals surface area contributed by atoms with Crippen molar-refractivity contribution in [2.45, 2.75) is 45.1 Å². The molecule has 1 saturated carbocycles. The number of nitrogens with one attached hydrogen (secondary N) is 1. The smallest absolute Gasteiger partial charge is 0.274 e. The molecule has 0 saturated heterocycles. The molecule has 2 heterocycles. The molecule has 1 aliphatic rings. The van der Waals surface area contributed by atoms with Crippen LogP contribution in [-0.2, 0) is 0 Å². The highest BCUT2D eigenvalue weighted by Crippen LogP contribution is 2.36. The fraction of sp³-hybridized carbons (Fsp3) is 0.467. The van der Waals surface area contributed by atoms with E-state index in [1.54, 1.807) is 19.3 Å². The van der Waals surface area contributed by atoms with E-state index in [-0.39, 0.29) is 11.9 Å². The molecule has 1 atom stereocenters. The van der Waals surface area contributed by atoms with Gasteiger partial charge in [0.1, 0.15) is 11.5 Å². The number of furan rings is 1. The molecule has 0 radical (unpaired) electrons. The Balaban J connectivity index is 1.72. The minimum absolute atomic E-state index is 0.194. The van der Waals surface area contributed by atoms with Crippen LogP contribution in [0.5, 0.6) is 0 Å². The molecule has 0 aliphatic heterocycles. The molecule has 1 fully saturated rings. The van der Waals surface area contributed by atoms with Crippen LogP contribution >= 0.6 is 0 Å². The van der Waals surface area contributed by atoms with E-state index >= 15 is 0 Å². The zero-order chi connectivity index (χ0) is 14.1. The Bertz CT molecular complexity index is 597. The molecule has 2 aromatic rings. The predicted molar refractivity (Wildman–Crippen MR) is 72.4 cm³/mol. The fourth-order valence-electron chi connectivity index (χ4n) is 2.33. The van der Waals surface area contributed by atoms with Gasteiger partial charge in [0.05, 0.1) is 12.3 Å². The Kier molecular flexibility index (Phi) is 3.34. The van der Waals surface area contributed by atoms with Crippen LogP contribution in [0.2, 0.25) is 0 Å². The van der Waals surface area contributed by atoms with Gasteiger partial charge >= 0.3 is 0 Å². The molecule has 0 aromatic carbocycles. The Morgan fingerprint density at radius 2 is 2.30 bits per heavy atom. The first-order valence-electron chi connectivity index (χ1n) is 6.96. The average Bonchev–Trinajstić information content (AvgIpc) is 2.96. The lowest BCUT2D eigenvalue weighted by molar-refractivity contribution is 0.0929. The topological polar surface area (TPSA) is 68.3 Å². The molecule has 5 heteroatoms. The standard InChI is InChI=1S/C15H18N2O3/c1-9(12-7-4-8-19-12)16-14(18)13-10(2)20-15(17-13)11-5-3-6-11/h4,7-9,11H,3,5-6H2,1-2H3,(H,16,18)/t9-/m0/s1. The first-order valence-corrected chi connectivity index (χ1v) is 6.96. The number of carbonyl (C=O) groups is 1. The molecule has 0 spiro atoms. The number of aromatic nitrogens is 1. The second-order valence-corrected chi connectivity index (χ2v) is 5.30. The maximum Gasteiger partial charge on any atom is 0.274 e. The molecular formula is C15H18N2O3. The summed E-state index contributed by atoms with van der Waals surface area (Å²) in [6.45, 7) is 3.65. The van der Waals surface area contributed by atoms with Gasteiger partial charge in [-0.3, -0.25) is 4.79 Å². The number of hydrogen-bond acceptors (Lipinski definition) is 4. The second-order valence-electron chi connectivity index (χ2n) is 5.30. The minimum Gasteiger partial charge on any atom is -0.467 e. The summed E-state index contributed by atoms with van der Waals surface area (Å²) >= 11 is 0. The van der Waals surface area contributed by atoms with Gasteiger partial charge < -0.3 is 14.2 Å². The van der Waals surface area contributed by atoms with E-state index < -0.39 is 0 Å². The highest BCUT2D eigenvalue weighted by atomic mass is 16.4. The monoisotopic (exact) mass is 274 g/mol. The van der Waals surface area contributed by atoms with Gasteiger partial charge in [-0.2, -0.15) is 0 Å². The van der Waals surface area contributed by atoms with E-state index in [0.717, 1.165) is 18.6 Å². The lowest BCUT2D eigenvalue weighted by Gasteiger charge is -2.21. The third kappa shape index (κ3) is 2.35. The molecular weight excluding hydrogens is 256 g/mol. The van der Waals surface area contributed by atoms with Crippen LogP contribution in [-0.4, -0.2) is 10.9 Å². The van der Waals surface area contributed by atoms with E-state index in [2.05, 4.69) is 10.3 Å². The molecule has 0 unspecified atom stereocenters. The number of carbonyl (C=O) groups excluding carboxylic acids is 1. The molecule has 106 valence electrons. The molecule has 1 amide bonds. The molecule has 1 aliphatic carbocycles. The summed E-state index contributed by atoms with van der Waals surface area (Å²) in [5.41, 5.74) is 0.380. The first kappa shape index (κ1) is 13.0. The van der Waals surface area contributed by atoms with Gasteiger partial charge in [0.25, 0.3) is 5.91 Å². The summed E-state index contributed by atoms with van der Waals surface area (Å²) < 4.78 is 10.9. The van der Waals surface area contributed by atoms with Crippen LogP contribution in [0.3, 0.4) is 0 Å². The summed E-state index contributed by atoms with van der Waals surface area (Å²) in [6.07, 6.45) is 5.00. The van der Waals surface area contributed by atoms with Gasteiger partial charge in [-0.05, 0) is 38.8 Å². The van der Waals surface area contributed by atoms with Gasteiger partial charge in [-0.15, -0.1) is 0 Å². The van der Waals surface area contributed by atoms with Crippen molar-refractivity contribution < 1.29 is 13.6 Å². The van der Waals surface area contributed by atoms with Crippen molar-refractivity contribution in [3.63, 3.8) is 0 Å². The van der Waals surface area contributed by atoms with Crippen molar-refractivity contribution in [3.8, 4) is 0 Å². The quantitative estimate of drug-likeness (QED) is 0.928. The average molecular weight is 274 g/mol. The third-order valence-electron chi connectivity index (χ3n) is 3.80. The van der Waals surface area contributed by atoms with Gasteiger partial charge in [0.15, 0.2) is 11.6 Å². The minimum atomic E-state index is -0.222. The van der Waals surface area contributed by atoms with Crippen LogP contribution in [0, 0.1) is 6.92 Å². The molecule has 0 bridgehead atoms. The first-order chi connectivity index (χ1) is 9.65. The molecule has 3 rings (SSSR count). The SMILES string of the molecule is Cc1oc(C2CCC2)nc1C(=O)N[C@@H](C)c1ccco1. The number of aryl methyl sites for hydroxylation is 1. The maximum absolute atomic E-state index is 12.2. The van der Waals surface area contributed by atoms with E-state index in [4.69, 9.17) is 8.83 Å². The van der Waals surface area contributed by atoms with Crippen LogP contribution < -0.4 is 5.32 Å². The van der Waals surface area contributed by atoms with Gasteiger partial charge in [0.2, 0.25) is 0 Å². The van der Waals surface area contributed by atoms with Crippen molar-refractivity contribution in [3.05, 3.63) is 41.5 Å². The van der Waals surface area contributed by atoms with Crippen molar-refractivity contribution in [1.29, 1.82) is 0 Å². The lowest BCUT2D eigenvalue weighted by Crippen LogP contribution is -2.27. The highest BCUT2D eigenvalue weighted by molar-refractivity contribution is 5.93. The Labute approximate surface area is 117 Å². The van der Waals surface area contributed by atoms with Crippen LogP contribution in [0.1, 0.15) is 66.0 Å². The summed E-state index contributed by atoms with van der Waals surface area (Å²) in [7, 11) is 0. The van der Waals surface area contributed by atoms with Gasteiger partial charge in [-0.25, -0.2) is 4.98 Å². The number of rotatable bonds is 4. The van der Waals surface area contributed by atoms with E-state index in [9.17, 15) is 4.79 Å². The lowest BCUT2D eigenvalue weighted by atomic mass is 9.85. The van der Waals surface area contributed by atoms with Crippen molar-refractivity contribution in [2.24, 2.45) is 0 Å². The van der Waals surface area contributed by atoms with Crippen LogP contribution in [0.4, 0.5) is 0 Å². The highest BCUT2D eigenvalue weighted by Gasteiger charge is 2.27. The summed E-state index contributed by atoms with van der Waals surface area (Å²) in [4.78, 5) is 16.6. The maximum atomic E-state index is 12.2. The Morgan fingerprint density at radius 1 is 1.50 bits per heavy atom. The van der Waals surface area contributed by atoms with Gasteiger partial charge in [-0.1, -0.05) is 6.42 Å². The van der Waals surface area contributed by atoms with Crippen molar-refractivity contribution in [2.75, 3.05) is 0 Å². The van der Waals surface area contributed by atoms with E-state index in [1.165, 1.54) is 6.42 Å². The number of amides is 1. The molecule has 20 heavy (non-hydrogen) atoms. The van der Waals surface area contributed by atoms with Crippen LogP contribution in [0.15, 0.2) is 27.2 Å². The van der Waals surface area contributed by atoms with E-state index in [0.29, 0.717) is 23.3 Å². The summed E-state index contributed by atoms with van der Waals surface area (Å²) in [5.74, 6) is 2.16. The van der Waals surface area contributed by atoms with Crippen molar-refractivity contribution in [1.82, 2.24) is 10.3 Å². The van der Waals surface area contributed by atoms with Crippen LogP contribution in [0.25, 0.3) is 0 Å². The fourth-order valence-corrected chi connectivity index (χ4v) is 2.33. The normalized spacial score (nSPS) is 16.7. The number of oxazole rings is 1. The summed E-state index contributed by atoms with van der Waals surface area (Å²) in [6, 6.07) is 3.44. The van der Waals surface area contributed by atoms with E-state index in [1.807, 2.05) is 13.0 Å². The summed E-state index contributed by atoms with van der Waals surface area (Å²) in [5, 5.41) is 2.87. The number of nitrogens with zero attached hydrogens (tertiary/aromatic N) is 1. The third-order valence-corrected chi connectivity index (χ3v) is 3.80. The molecule has 5 nitrogen and oxygen atoms in total. The molecule has 2 aromatic heterocycles. The van der Waals surface area contributed by atoms with Crippen molar-refractivity contribution >= 4 is 5.91 Å². The second kappa shape index (κ2) is 5.15. The zero-order valence-electron chi connectivity index (χ0n) is 11.7. The zero-order valence-corrected chi connectivity index (χ0v) is 11.7.